The normalized spacial score (nSPS) is 35.4. The lowest BCUT2D eigenvalue weighted by molar-refractivity contribution is -0.172. The number of benzene rings is 1. The summed E-state index contributed by atoms with van der Waals surface area (Å²) in [5, 5.41) is 0.464. The first-order chi connectivity index (χ1) is 18.5. The summed E-state index contributed by atoms with van der Waals surface area (Å²) < 4.78 is 50.9. The number of rotatable bonds is 7. The first kappa shape index (κ1) is 22.5. The van der Waals surface area contributed by atoms with Gasteiger partial charge in [-0.15, -0.1) is 0 Å². The molecule has 3 aromatic rings. The Morgan fingerprint density at radius 3 is 3.08 bits per heavy atom. The van der Waals surface area contributed by atoms with E-state index in [1.165, 1.54) is 6.33 Å². The zero-order valence-corrected chi connectivity index (χ0v) is 21.1. The molecule has 13 heteroatoms. The minimum atomic E-state index is -1.34. The molecule has 1 unspecified atom stereocenters. The average Bonchev–Trinajstić information content (AvgIpc) is 3.76. The summed E-state index contributed by atoms with van der Waals surface area (Å²) in [6, 6.07) is 10.5. The molecule has 37 heavy (non-hydrogen) atoms. The summed E-state index contributed by atoms with van der Waals surface area (Å²) in [6.45, 7) is 2.19. The molecule has 7 atom stereocenters. The summed E-state index contributed by atoms with van der Waals surface area (Å²) in [6.07, 6.45) is 2.65. The van der Waals surface area contributed by atoms with E-state index in [0.29, 0.717) is 18.3 Å². The Kier molecular flexibility index (Phi) is 5.52. The van der Waals surface area contributed by atoms with Crippen LogP contribution < -0.4 is 10.9 Å². The van der Waals surface area contributed by atoms with E-state index in [9.17, 15) is 9.18 Å². The lowest BCUT2D eigenvalue weighted by Crippen LogP contribution is -2.41. The second-order valence-electron chi connectivity index (χ2n) is 9.77. The van der Waals surface area contributed by atoms with E-state index in [0.717, 1.165) is 24.9 Å². The van der Waals surface area contributed by atoms with Crippen LogP contribution in [0.25, 0.3) is 11.2 Å². The lowest BCUT2D eigenvalue weighted by atomic mass is 9.96. The summed E-state index contributed by atoms with van der Waals surface area (Å²) in [7, 11) is -1.34. The van der Waals surface area contributed by atoms with Gasteiger partial charge in [0.15, 0.2) is 25.6 Å². The molecule has 2 N–H and O–H groups in total. The van der Waals surface area contributed by atoms with Crippen LogP contribution in [0.3, 0.4) is 0 Å². The van der Waals surface area contributed by atoms with Crippen molar-refractivity contribution in [3.05, 3.63) is 52.6 Å². The molecule has 2 bridgehead atoms. The first-order valence-corrected chi connectivity index (χ1v) is 13.7. The molecule has 4 fully saturated rings. The summed E-state index contributed by atoms with van der Waals surface area (Å²) >= 11 is 0. The topological polar surface area (TPSA) is 116 Å². The molecule has 196 valence electrons. The molecule has 11 nitrogen and oxygen atoms in total. The van der Waals surface area contributed by atoms with Gasteiger partial charge in [0, 0.05) is 12.6 Å². The van der Waals surface area contributed by atoms with Crippen molar-refractivity contribution in [1.29, 1.82) is 0 Å². The average molecular weight is 532 g/mol. The molecule has 4 saturated heterocycles. The highest BCUT2D eigenvalue weighted by Crippen LogP contribution is 2.63. The molecule has 0 amide bonds. The summed E-state index contributed by atoms with van der Waals surface area (Å²) in [5.74, 6) is -0.219. The Bertz CT molecular complexity index is 1400. The maximum absolute atomic E-state index is 13.1. The molecule has 6 heterocycles. The van der Waals surface area contributed by atoms with Crippen LogP contribution in [-0.4, -0.2) is 68.0 Å². The molecule has 0 saturated carbocycles. The number of ether oxygens (including phenoxy) is 2. The highest BCUT2D eigenvalue weighted by molar-refractivity contribution is 7.45. The van der Waals surface area contributed by atoms with E-state index in [1.807, 2.05) is 25.1 Å². The van der Waals surface area contributed by atoms with Crippen molar-refractivity contribution in [2.75, 3.05) is 25.3 Å². The molecule has 0 spiro atoms. The van der Waals surface area contributed by atoms with Crippen molar-refractivity contribution in [2.24, 2.45) is 0 Å². The molecule has 4 aliphatic heterocycles. The van der Waals surface area contributed by atoms with E-state index in [2.05, 4.69) is 31.8 Å². The molecule has 2 aromatic heterocycles. The molecule has 1 aromatic carbocycles. The van der Waals surface area contributed by atoms with E-state index >= 15 is 0 Å². The van der Waals surface area contributed by atoms with Crippen molar-refractivity contribution >= 4 is 25.6 Å². The Hall–Kier alpha value is -2.47. The second-order valence-corrected chi connectivity index (χ2v) is 11.2. The number of alkyl halides is 1. The van der Waals surface area contributed by atoms with Gasteiger partial charge in [0.25, 0.3) is 14.1 Å². The number of aromatic nitrogens is 4. The fraction of sp³-hybridized carbons (Fsp3) is 0.542. The van der Waals surface area contributed by atoms with Gasteiger partial charge in [-0.05, 0) is 24.8 Å². The van der Waals surface area contributed by atoms with Crippen LogP contribution in [-0.2, 0) is 18.5 Å². The lowest BCUT2D eigenvalue weighted by Gasteiger charge is -2.31. The largest absolute Gasteiger partial charge is 0.368 e. The summed E-state index contributed by atoms with van der Waals surface area (Å²) in [5.41, 5.74) is 0.141. The fourth-order valence-electron chi connectivity index (χ4n) is 5.96. The fourth-order valence-corrected chi connectivity index (χ4v) is 8.00. The van der Waals surface area contributed by atoms with Gasteiger partial charge in [0.1, 0.15) is 23.9 Å². The van der Waals surface area contributed by atoms with Crippen LogP contribution in [0.2, 0.25) is 1.41 Å². The van der Waals surface area contributed by atoms with Crippen molar-refractivity contribution in [3.63, 3.8) is 0 Å². The number of aromatic amines is 1. The zero-order chi connectivity index (χ0) is 26.0. The summed E-state index contributed by atoms with van der Waals surface area (Å²) in [4.78, 5) is 23.5. The van der Waals surface area contributed by atoms with Crippen molar-refractivity contribution in [3.8, 4) is 0 Å². The Morgan fingerprint density at radius 2 is 2.27 bits per heavy atom. The Balaban J connectivity index is 1.19. The van der Waals surface area contributed by atoms with Crippen LogP contribution in [0.15, 0.2) is 41.5 Å². The predicted molar refractivity (Wildman–Crippen MR) is 132 cm³/mol. The first-order valence-electron chi connectivity index (χ1n) is 13.0. The second kappa shape index (κ2) is 9.07. The number of halogens is 1. The highest BCUT2D eigenvalue weighted by atomic mass is 31.2. The van der Waals surface area contributed by atoms with Gasteiger partial charge < -0.3 is 23.8 Å². The molecular weight excluding hydrogens is 502 g/mol. The number of hydrogen-bond donors (Lipinski definition) is 2. The molecule has 0 aliphatic carbocycles. The van der Waals surface area contributed by atoms with E-state index in [-0.39, 0.29) is 29.3 Å². The maximum Gasteiger partial charge on any atom is 0.280 e. The smallest absolute Gasteiger partial charge is 0.280 e. The number of nitrogens with one attached hydrogen (secondary N) is 2. The van der Waals surface area contributed by atoms with Gasteiger partial charge in [-0.25, -0.2) is 14.0 Å². The highest BCUT2D eigenvalue weighted by Gasteiger charge is 2.64. The quantitative estimate of drug-likeness (QED) is 0.350. The SMILES string of the molecule is [2H]N(CF)c1nc2c(ncn2[C@@H]2O[C@@]3(CC)CO[C@H]2C3O[P@]2O[C@@H](c3ccccc3)[C@H]3CCCN32)c(=O)[nH]1. The van der Waals surface area contributed by atoms with Crippen molar-refractivity contribution < 1.29 is 24.3 Å². The van der Waals surface area contributed by atoms with Crippen LogP contribution in [0, 0.1) is 0 Å². The number of hydrogen-bond acceptors (Lipinski definition) is 9. The van der Waals surface area contributed by atoms with Gasteiger partial charge >= 0.3 is 0 Å². The molecule has 0 radical (unpaired) electrons. The minimum Gasteiger partial charge on any atom is -0.368 e. The Labute approximate surface area is 214 Å². The third kappa shape index (κ3) is 3.65. The Morgan fingerprint density at radius 1 is 1.41 bits per heavy atom. The maximum atomic E-state index is 13.1. The monoisotopic (exact) mass is 531 g/mol. The van der Waals surface area contributed by atoms with Gasteiger partial charge in [-0.3, -0.25) is 14.3 Å². The van der Waals surface area contributed by atoms with Gasteiger partial charge in [0.05, 0.1) is 12.9 Å². The standard InChI is InChI=1S/C24H28FN6O5P/c1-2-24-11-33-18(22(34-24)30-13-27-16-20(30)28-23(26-12-25)29-21(16)32)19(24)36-37-31-10-6-9-15(31)17(35-37)14-7-4-3-5-8-14/h3-5,7-8,13,15,17-19,22H,2,6,9-12H2,1H3,(H2,26,28,29,32)/t15-,17+,18+,19?,22-,24+,37+/m1/s1/i/hD. The van der Waals surface area contributed by atoms with Crippen molar-refractivity contribution in [1.82, 2.24) is 24.2 Å². The van der Waals surface area contributed by atoms with Crippen molar-refractivity contribution in [2.45, 2.75) is 62.4 Å². The van der Waals surface area contributed by atoms with Crippen LogP contribution in [0.1, 0.15) is 44.1 Å². The van der Waals surface area contributed by atoms with E-state index in [1.54, 1.807) is 4.57 Å². The van der Waals surface area contributed by atoms with Crippen LogP contribution in [0.4, 0.5) is 10.3 Å². The molecule has 4 aliphatic rings. The van der Waals surface area contributed by atoms with Gasteiger partial charge in [0.2, 0.25) is 5.95 Å². The minimum absolute atomic E-state index is 0.0469. The van der Waals surface area contributed by atoms with E-state index in [4.69, 9.17) is 19.9 Å². The van der Waals surface area contributed by atoms with Crippen LogP contribution in [0.5, 0.6) is 0 Å². The molecular formula is C24H28FN6O5P. The number of imidazole rings is 1. The van der Waals surface area contributed by atoms with Gasteiger partial charge in [-0.2, -0.15) is 4.98 Å². The number of fused-ring (bicyclic) bond motifs is 4. The molecule has 7 rings (SSSR count). The third-order valence-electron chi connectivity index (χ3n) is 7.84. The third-order valence-corrected chi connectivity index (χ3v) is 9.57. The zero-order valence-electron chi connectivity index (χ0n) is 21.2. The number of anilines is 1. The van der Waals surface area contributed by atoms with E-state index < -0.39 is 44.9 Å². The predicted octanol–water partition coefficient (Wildman–Crippen LogP) is 3.38. The van der Waals surface area contributed by atoms with Crippen LogP contribution >= 0.6 is 8.53 Å². The number of H-pyrrole nitrogens is 1. The number of nitrogens with zero attached hydrogens (tertiary/aromatic N) is 4. The van der Waals surface area contributed by atoms with Gasteiger partial charge in [-0.1, -0.05) is 37.3 Å².